The highest BCUT2D eigenvalue weighted by molar-refractivity contribution is 5.53. The molecule has 1 aliphatic heterocycles. The fourth-order valence-corrected chi connectivity index (χ4v) is 3.23. The molecule has 0 saturated carbocycles. The molecular weight excluding hydrogens is 246 g/mol. The van der Waals surface area contributed by atoms with Crippen LogP contribution in [0.25, 0.3) is 0 Å². The van der Waals surface area contributed by atoms with Crippen LogP contribution < -0.4 is 10.6 Å². The molecule has 3 nitrogen and oxygen atoms in total. The predicted octanol–water partition coefficient (Wildman–Crippen LogP) is 3.50. The van der Waals surface area contributed by atoms with Crippen molar-refractivity contribution in [1.82, 2.24) is 4.98 Å². The first-order valence-electron chi connectivity index (χ1n) is 7.82. The van der Waals surface area contributed by atoms with Crippen LogP contribution in [0.15, 0.2) is 12.3 Å². The van der Waals surface area contributed by atoms with E-state index in [-0.39, 0.29) is 0 Å². The Morgan fingerprint density at radius 3 is 2.70 bits per heavy atom. The fourth-order valence-electron chi connectivity index (χ4n) is 3.23. The summed E-state index contributed by atoms with van der Waals surface area (Å²) in [4.78, 5) is 6.89. The summed E-state index contributed by atoms with van der Waals surface area (Å²) in [6, 6.07) is 2.19. The van der Waals surface area contributed by atoms with Crippen molar-refractivity contribution in [2.75, 3.05) is 18.0 Å². The Kier molecular flexibility index (Phi) is 4.69. The smallest absolute Gasteiger partial charge is 0.0445 e. The maximum Gasteiger partial charge on any atom is 0.0445 e. The van der Waals surface area contributed by atoms with Crippen molar-refractivity contribution >= 4 is 5.69 Å². The third kappa shape index (κ3) is 3.51. The molecule has 20 heavy (non-hydrogen) atoms. The molecule has 0 aromatic carbocycles. The molecule has 1 saturated heterocycles. The normalized spacial score (nSPS) is 20.9. The SMILES string of the molecule is Cc1cc(N2CCCC(C(C)(C)C)CC2)c(CN)cn1. The van der Waals surface area contributed by atoms with E-state index >= 15 is 0 Å². The lowest BCUT2D eigenvalue weighted by Crippen LogP contribution is -2.27. The van der Waals surface area contributed by atoms with Gasteiger partial charge in [-0.2, -0.15) is 0 Å². The number of anilines is 1. The highest BCUT2D eigenvalue weighted by Gasteiger charge is 2.27. The van der Waals surface area contributed by atoms with Gasteiger partial charge in [-0.25, -0.2) is 0 Å². The third-order valence-corrected chi connectivity index (χ3v) is 4.61. The molecule has 0 radical (unpaired) electrons. The zero-order chi connectivity index (χ0) is 14.8. The van der Waals surface area contributed by atoms with Gasteiger partial charge in [0.2, 0.25) is 0 Å². The van der Waals surface area contributed by atoms with Crippen LogP contribution in [0.5, 0.6) is 0 Å². The molecule has 1 aromatic rings. The van der Waals surface area contributed by atoms with E-state index in [1.165, 1.54) is 30.5 Å². The summed E-state index contributed by atoms with van der Waals surface area (Å²) >= 11 is 0. The van der Waals surface area contributed by atoms with Crippen LogP contribution >= 0.6 is 0 Å². The molecule has 1 atom stereocenters. The number of aryl methyl sites for hydroxylation is 1. The topological polar surface area (TPSA) is 42.1 Å². The summed E-state index contributed by atoms with van der Waals surface area (Å²) in [5.41, 5.74) is 9.84. The van der Waals surface area contributed by atoms with Gasteiger partial charge >= 0.3 is 0 Å². The molecule has 0 aliphatic carbocycles. The minimum absolute atomic E-state index is 0.418. The van der Waals surface area contributed by atoms with Crippen LogP contribution in [0.4, 0.5) is 5.69 Å². The first-order chi connectivity index (χ1) is 9.41. The Morgan fingerprint density at radius 2 is 2.05 bits per heavy atom. The molecule has 2 rings (SSSR count). The van der Waals surface area contributed by atoms with Gasteiger partial charge in [-0.15, -0.1) is 0 Å². The van der Waals surface area contributed by atoms with Gasteiger partial charge in [-0.3, -0.25) is 4.98 Å². The van der Waals surface area contributed by atoms with Crippen molar-refractivity contribution in [3.8, 4) is 0 Å². The highest BCUT2D eigenvalue weighted by atomic mass is 15.1. The number of aromatic nitrogens is 1. The standard InChI is InChI=1S/C17H29N3/c1-13-10-16(14(11-18)12-19-13)20-8-5-6-15(7-9-20)17(2,3)4/h10,12,15H,5-9,11,18H2,1-4H3. The Morgan fingerprint density at radius 1 is 1.30 bits per heavy atom. The number of hydrogen-bond donors (Lipinski definition) is 1. The van der Waals surface area contributed by atoms with Crippen LogP contribution in [0.1, 0.15) is 51.3 Å². The van der Waals surface area contributed by atoms with Crippen LogP contribution in [-0.4, -0.2) is 18.1 Å². The van der Waals surface area contributed by atoms with E-state index in [0.29, 0.717) is 12.0 Å². The quantitative estimate of drug-likeness (QED) is 0.898. The lowest BCUT2D eigenvalue weighted by atomic mass is 9.77. The van der Waals surface area contributed by atoms with Gasteiger partial charge in [0.05, 0.1) is 0 Å². The first-order valence-corrected chi connectivity index (χ1v) is 7.82. The molecule has 0 amide bonds. The van der Waals surface area contributed by atoms with Gasteiger partial charge in [0, 0.05) is 42.8 Å². The zero-order valence-corrected chi connectivity index (χ0v) is 13.4. The molecule has 112 valence electrons. The molecule has 1 fully saturated rings. The van der Waals surface area contributed by atoms with E-state index < -0.39 is 0 Å². The summed E-state index contributed by atoms with van der Waals surface area (Å²) in [5, 5.41) is 0. The van der Waals surface area contributed by atoms with Crippen LogP contribution in [0.3, 0.4) is 0 Å². The van der Waals surface area contributed by atoms with Crippen molar-refractivity contribution in [3.05, 3.63) is 23.5 Å². The summed E-state index contributed by atoms with van der Waals surface area (Å²) in [6.45, 7) is 12.0. The largest absolute Gasteiger partial charge is 0.371 e. The van der Waals surface area contributed by atoms with E-state index in [9.17, 15) is 0 Å². The number of rotatable bonds is 2. The maximum atomic E-state index is 5.88. The lowest BCUT2D eigenvalue weighted by Gasteiger charge is -2.30. The summed E-state index contributed by atoms with van der Waals surface area (Å²) < 4.78 is 0. The van der Waals surface area contributed by atoms with Crippen molar-refractivity contribution in [2.45, 2.75) is 53.5 Å². The van der Waals surface area contributed by atoms with Crippen molar-refractivity contribution in [1.29, 1.82) is 0 Å². The minimum Gasteiger partial charge on any atom is -0.371 e. The Balaban J connectivity index is 2.16. The highest BCUT2D eigenvalue weighted by Crippen LogP contribution is 2.35. The molecule has 2 heterocycles. The van der Waals surface area contributed by atoms with Gasteiger partial charge in [0.25, 0.3) is 0 Å². The van der Waals surface area contributed by atoms with Crippen LogP contribution in [0.2, 0.25) is 0 Å². The Labute approximate surface area is 123 Å². The lowest BCUT2D eigenvalue weighted by molar-refractivity contribution is 0.220. The van der Waals surface area contributed by atoms with Crippen LogP contribution in [0, 0.1) is 18.3 Å². The monoisotopic (exact) mass is 275 g/mol. The average Bonchev–Trinajstić information content (AvgIpc) is 2.63. The summed E-state index contributed by atoms with van der Waals surface area (Å²) in [5.74, 6) is 0.816. The number of pyridine rings is 1. The van der Waals surface area contributed by atoms with E-state index in [1.807, 2.05) is 6.20 Å². The number of nitrogens with two attached hydrogens (primary N) is 1. The molecule has 2 N–H and O–H groups in total. The van der Waals surface area contributed by atoms with Gasteiger partial charge in [-0.05, 0) is 43.6 Å². The van der Waals surface area contributed by atoms with Gasteiger partial charge in [-0.1, -0.05) is 20.8 Å². The molecular formula is C17H29N3. The van der Waals surface area contributed by atoms with E-state index in [4.69, 9.17) is 5.73 Å². The van der Waals surface area contributed by atoms with Gasteiger partial charge in [0.1, 0.15) is 0 Å². The number of hydrogen-bond acceptors (Lipinski definition) is 3. The Hall–Kier alpha value is -1.09. The van der Waals surface area contributed by atoms with Gasteiger partial charge in [0.15, 0.2) is 0 Å². The summed E-state index contributed by atoms with van der Waals surface area (Å²) in [7, 11) is 0. The fraction of sp³-hybridized carbons (Fsp3) is 0.706. The van der Waals surface area contributed by atoms with Crippen molar-refractivity contribution in [2.24, 2.45) is 17.1 Å². The van der Waals surface area contributed by atoms with Gasteiger partial charge < -0.3 is 10.6 Å². The molecule has 0 spiro atoms. The predicted molar refractivity (Wildman–Crippen MR) is 85.9 cm³/mol. The second kappa shape index (κ2) is 6.13. The minimum atomic E-state index is 0.418. The zero-order valence-electron chi connectivity index (χ0n) is 13.4. The molecule has 1 aliphatic rings. The average molecular weight is 275 g/mol. The Bertz CT molecular complexity index is 448. The molecule has 3 heteroatoms. The van der Waals surface area contributed by atoms with E-state index in [1.54, 1.807) is 0 Å². The summed E-state index contributed by atoms with van der Waals surface area (Å²) in [6.07, 6.45) is 5.82. The number of nitrogens with zero attached hydrogens (tertiary/aromatic N) is 2. The van der Waals surface area contributed by atoms with E-state index in [0.717, 1.165) is 24.7 Å². The van der Waals surface area contributed by atoms with Crippen molar-refractivity contribution in [3.63, 3.8) is 0 Å². The maximum absolute atomic E-state index is 5.88. The second-order valence-corrected chi connectivity index (χ2v) is 7.14. The van der Waals surface area contributed by atoms with E-state index in [2.05, 4.69) is 43.6 Å². The second-order valence-electron chi connectivity index (χ2n) is 7.14. The molecule has 1 unspecified atom stereocenters. The van der Waals surface area contributed by atoms with Crippen molar-refractivity contribution < 1.29 is 0 Å². The van der Waals surface area contributed by atoms with Crippen LogP contribution in [-0.2, 0) is 6.54 Å². The first kappa shape index (κ1) is 15.3. The third-order valence-electron chi connectivity index (χ3n) is 4.61. The molecule has 0 bridgehead atoms. The molecule has 1 aromatic heterocycles.